The van der Waals surface area contributed by atoms with Crippen LogP contribution in [0.25, 0.3) is 11.0 Å². The third-order valence-corrected chi connectivity index (χ3v) is 6.45. The summed E-state index contributed by atoms with van der Waals surface area (Å²) in [4.78, 5) is 11.1. The smallest absolute Gasteiger partial charge is 0.161 e. The molecule has 0 saturated carbocycles. The topological polar surface area (TPSA) is 79.0 Å². The molecule has 2 N–H and O–H groups in total. The third kappa shape index (κ3) is 4.77. The van der Waals surface area contributed by atoms with Gasteiger partial charge in [0.15, 0.2) is 5.65 Å². The van der Waals surface area contributed by atoms with Gasteiger partial charge in [-0.2, -0.15) is 5.10 Å². The third-order valence-electron chi connectivity index (χ3n) is 5.63. The van der Waals surface area contributed by atoms with E-state index in [9.17, 15) is 0 Å². The van der Waals surface area contributed by atoms with Gasteiger partial charge in [-0.3, -0.25) is 5.10 Å². The van der Waals surface area contributed by atoms with Gasteiger partial charge in [-0.1, -0.05) is 23.7 Å². The Balaban J connectivity index is 1.47. The zero-order chi connectivity index (χ0) is 20.9. The Morgan fingerprint density at radius 1 is 1.27 bits per heavy atom. The molecule has 4 rings (SSSR count). The van der Waals surface area contributed by atoms with Gasteiger partial charge in [0.25, 0.3) is 0 Å². The predicted octanol–water partition coefficient (Wildman–Crippen LogP) is 4.35. The van der Waals surface area contributed by atoms with Crippen molar-refractivity contribution in [2.24, 2.45) is 5.92 Å². The molecule has 1 fully saturated rings. The van der Waals surface area contributed by atoms with Crippen LogP contribution in [0.15, 0.2) is 35.2 Å². The Labute approximate surface area is 189 Å². The van der Waals surface area contributed by atoms with Gasteiger partial charge in [0.2, 0.25) is 0 Å². The normalized spacial score (nSPS) is 16.3. The SMILES string of the molecule is CNCCCO[C@H](c1ccc(Cl)cc1)C1CCN(c2ncnc3[nH]nc(Br)c23)CC1. The minimum Gasteiger partial charge on any atom is -0.373 e. The van der Waals surface area contributed by atoms with Gasteiger partial charge in [0, 0.05) is 24.7 Å². The minimum absolute atomic E-state index is 0.0763. The summed E-state index contributed by atoms with van der Waals surface area (Å²) in [6, 6.07) is 8.08. The number of halogens is 2. The molecule has 0 radical (unpaired) electrons. The monoisotopic (exact) mass is 492 g/mol. The first-order valence-corrected chi connectivity index (χ1v) is 11.5. The Morgan fingerprint density at radius 3 is 2.77 bits per heavy atom. The molecule has 1 aliphatic heterocycles. The van der Waals surface area contributed by atoms with Crippen molar-refractivity contribution in [1.29, 1.82) is 0 Å². The molecule has 3 aromatic rings. The summed E-state index contributed by atoms with van der Waals surface area (Å²) in [7, 11) is 1.97. The van der Waals surface area contributed by atoms with Crippen LogP contribution in [0, 0.1) is 5.92 Å². The number of nitrogens with one attached hydrogen (secondary N) is 2. The molecular formula is C21H26BrClN6O. The van der Waals surface area contributed by atoms with E-state index in [-0.39, 0.29) is 6.10 Å². The predicted molar refractivity (Wildman–Crippen MR) is 123 cm³/mol. The van der Waals surface area contributed by atoms with E-state index in [0.29, 0.717) is 5.92 Å². The fraction of sp³-hybridized carbons (Fsp3) is 0.476. The number of rotatable bonds is 8. The van der Waals surface area contributed by atoms with E-state index in [1.165, 1.54) is 5.56 Å². The van der Waals surface area contributed by atoms with Crippen LogP contribution in [0.2, 0.25) is 5.02 Å². The van der Waals surface area contributed by atoms with Crippen LogP contribution in [0.5, 0.6) is 0 Å². The van der Waals surface area contributed by atoms with Crippen molar-refractivity contribution in [1.82, 2.24) is 25.5 Å². The zero-order valence-corrected chi connectivity index (χ0v) is 19.3. The van der Waals surface area contributed by atoms with Gasteiger partial charge in [0.05, 0.1) is 11.5 Å². The van der Waals surface area contributed by atoms with E-state index in [1.54, 1.807) is 6.33 Å². The maximum atomic E-state index is 6.38. The highest BCUT2D eigenvalue weighted by molar-refractivity contribution is 9.10. The van der Waals surface area contributed by atoms with Crippen LogP contribution in [0.1, 0.15) is 30.9 Å². The molecule has 0 bridgehead atoms. The Morgan fingerprint density at radius 2 is 2.03 bits per heavy atom. The van der Waals surface area contributed by atoms with Crippen molar-refractivity contribution in [2.45, 2.75) is 25.4 Å². The van der Waals surface area contributed by atoms with Crippen LogP contribution in [-0.4, -0.2) is 53.5 Å². The zero-order valence-electron chi connectivity index (χ0n) is 16.9. The maximum absolute atomic E-state index is 6.38. The van der Waals surface area contributed by atoms with E-state index in [2.05, 4.69) is 58.4 Å². The second kappa shape index (κ2) is 10.0. The van der Waals surface area contributed by atoms with Crippen molar-refractivity contribution in [2.75, 3.05) is 38.2 Å². The molecule has 30 heavy (non-hydrogen) atoms. The Kier molecular flexibility index (Phi) is 7.20. The number of aromatic amines is 1. The average molecular weight is 494 g/mol. The number of ether oxygens (including phenoxy) is 1. The number of nitrogens with zero attached hydrogens (tertiary/aromatic N) is 4. The molecular weight excluding hydrogens is 468 g/mol. The molecule has 2 aromatic heterocycles. The largest absolute Gasteiger partial charge is 0.373 e. The molecule has 1 saturated heterocycles. The van der Waals surface area contributed by atoms with Crippen LogP contribution in [0.4, 0.5) is 5.82 Å². The van der Waals surface area contributed by atoms with E-state index < -0.39 is 0 Å². The van der Waals surface area contributed by atoms with E-state index in [1.807, 2.05) is 19.2 Å². The van der Waals surface area contributed by atoms with Crippen LogP contribution in [0.3, 0.4) is 0 Å². The molecule has 7 nitrogen and oxygen atoms in total. The summed E-state index contributed by atoms with van der Waals surface area (Å²) in [6.07, 6.45) is 4.72. The van der Waals surface area contributed by atoms with E-state index in [4.69, 9.17) is 16.3 Å². The molecule has 0 unspecified atom stereocenters. The van der Waals surface area contributed by atoms with Crippen LogP contribution in [-0.2, 0) is 4.74 Å². The second-order valence-corrected chi connectivity index (χ2v) is 8.75. The molecule has 0 amide bonds. The standard InChI is InChI=1S/C21H26BrClN6O/c1-24-9-2-12-30-18(14-3-5-16(23)6-4-14)15-7-10-29(11-8-15)21-17-19(22)27-28-20(17)25-13-26-21/h3-6,13,15,18,24H,2,7-12H2,1H3,(H,25,26,27,28)/t18-/m1/s1. The number of benzene rings is 1. The Bertz CT molecular complexity index is 958. The lowest BCUT2D eigenvalue weighted by Crippen LogP contribution is -2.37. The van der Waals surface area contributed by atoms with Gasteiger partial charge in [-0.15, -0.1) is 0 Å². The lowest BCUT2D eigenvalue weighted by atomic mass is 9.87. The van der Waals surface area contributed by atoms with Crippen molar-refractivity contribution in [3.05, 3.63) is 45.8 Å². The van der Waals surface area contributed by atoms with Crippen LogP contribution < -0.4 is 10.2 Å². The number of hydrogen-bond acceptors (Lipinski definition) is 6. The first kappa shape index (κ1) is 21.5. The van der Waals surface area contributed by atoms with Gasteiger partial charge in [-0.25, -0.2) is 9.97 Å². The summed E-state index contributed by atoms with van der Waals surface area (Å²) >= 11 is 9.62. The molecule has 9 heteroatoms. The number of hydrogen-bond donors (Lipinski definition) is 2. The molecule has 1 atom stereocenters. The molecule has 3 heterocycles. The summed E-state index contributed by atoms with van der Waals surface area (Å²) in [5.41, 5.74) is 1.95. The summed E-state index contributed by atoms with van der Waals surface area (Å²) in [6.45, 7) is 3.52. The van der Waals surface area contributed by atoms with Crippen LogP contribution >= 0.6 is 27.5 Å². The van der Waals surface area contributed by atoms with Crippen molar-refractivity contribution < 1.29 is 4.74 Å². The highest BCUT2D eigenvalue weighted by Crippen LogP contribution is 2.37. The molecule has 160 valence electrons. The summed E-state index contributed by atoms with van der Waals surface area (Å²) in [5, 5.41) is 12.0. The number of piperidine rings is 1. The average Bonchev–Trinajstić information content (AvgIpc) is 3.16. The number of aromatic nitrogens is 4. The summed E-state index contributed by atoms with van der Waals surface area (Å²) in [5.74, 6) is 1.37. The first-order chi connectivity index (χ1) is 14.7. The Hall–Kier alpha value is -1.74. The van der Waals surface area contributed by atoms with E-state index in [0.717, 1.165) is 72.0 Å². The fourth-order valence-electron chi connectivity index (χ4n) is 4.08. The molecule has 0 aliphatic carbocycles. The highest BCUT2D eigenvalue weighted by atomic mass is 79.9. The first-order valence-electron chi connectivity index (χ1n) is 10.3. The number of fused-ring (bicyclic) bond motifs is 1. The number of anilines is 1. The lowest BCUT2D eigenvalue weighted by molar-refractivity contribution is 0.00178. The van der Waals surface area contributed by atoms with Crippen molar-refractivity contribution in [3.8, 4) is 0 Å². The van der Waals surface area contributed by atoms with E-state index >= 15 is 0 Å². The lowest BCUT2D eigenvalue weighted by Gasteiger charge is -2.37. The minimum atomic E-state index is 0.0763. The maximum Gasteiger partial charge on any atom is 0.161 e. The van der Waals surface area contributed by atoms with Gasteiger partial charge >= 0.3 is 0 Å². The second-order valence-electron chi connectivity index (χ2n) is 7.56. The molecule has 1 aliphatic rings. The fourth-order valence-corrected chi connectivity index (χ4v) is 4.66. The van der Waals surface area contributed by atoms with Gasteiger partial charge in [-0.05, 0) is 72.4 Å². The molecule has 1 aromatic carbocycles. The number of H-pyrrole nitrogens is 1. The summed E-state index contributed by atoms with van der Waals surface area (Å²) < 4.78 is 7.13. The van der Waals surface area contributed by atoms with Crippen molar-refractivity contribution >= 4 is 44.4 Å². The van der Waals surface area contributed by atoms with Crippen molar-refractivity contribution in [3.63, 3.8) is 0 Å². The highest BCUT2D eigenvalue weighted by Gasteiger charge is 2.30. The van der Waals surface area contributed by atoms with Gasteiger partial charge in [0.1, 0.15) is 16.7 Å². The quantitative estimate of drug-likeness (QED) is 0.454. The van der Waals surface area contributed by atoms with Gasteiger partial charge < -0.3 is 15.0 Å². The molecule has 0 spiro atoms.